The molecule has 7 nitrogen and oxygen atoms in total. The van der Waals surface area contributed by atoms with Crippen molar-refractivity contribution in [2.24, 2.45) is 0 Å². The van der Waals surface area contributed by atoms with Gasteiger partial charge < -0.3 is 28.3 Å². The number of hydrogen-bond acceptors (Lipinski definition) is 5. The van der Waals surface area contributed by atoms with E-state index in [-0.39, 0.29) is 5.91 Å². The Bertz CT molecular complexity index is 1310. The van der Waals surface area contributed by atoms with Crippen LogP contribution in [0.15, 0.2) is 65.1 Å². The van der Waals surface area contributed by atoms with E-state index in [1.807, 2.05) is 73.3 Å². The number of carbonyl (C=O) groups excluding carboxylic acids is 1. The fourth-order valence-electron chi connectivity index (χ4n) is 4.73. The van der Waals surface area contributed by atoms with Gasteiger partial charge in [-0.1, -0.05) is 24.3 Å². The number of methoxy groups -OCH3 is 1. The van der Waals surface area contributed by atoms with Crippen molar-refractivity contribution in [3.8, 4) is 11.5 Å². The van der Waals surface area contributed by atoms with Crippen LogP contribution in [0.3, 0.4) is 0 Å². The molecule has 2 aromatic heterocycles. The molecule has 1 saturated heterocycles. The monoisotopic (exact) mass is 473 g/mol. The van der Waals surface area contributed by atoms with Crippen molar-refractivity contribution < 1.29 is 18.7 Å². The number of para-hydroxylation sites is 2. The smallest absolute Gasteiger partial charge is 0.270 e. The molecule has 5 rings (SSSR count). The first-order valence-electron chi connectivity index (χ1n) is 12.1. The summed E-state index contributed by atoms with van der Waals surface area (Å²) in [5.74, 6) is 2.56. The molecule has 2 aromatic carbocycles. The number of rotatable bonds is 7. The fraction of sp³-hybridized carbons (Fsp3) is 0.321. The Morgan fingerprint density at radius 1 is 1.00 bits per heavy atom. The topological polar surface area (TPSA) is 60.1 Å². The summed E-state index contributed by atoms with van der Waals surface area (Å²) in [6, 6.07) is 19.9. The molecule has 0 N–H and O–H groups in total. The quantitative estimate of drug-likeness (QED) is 0.380. The first-order valence-corrected chi connectivity index (χ1v) is 12.1. The molecule has 0 unspecified atom stereocenters. The van der Waals surface area contributed by atoms with Crippen molar-refractivity contribution in [3.05, 3.63) is 77.7 Å². The Balaban J connectivity index is 1.36. The summed E-state index contributed by atoms with van der Waals surface area (Å²) in [4.78, 5) is 17.9. The average Bonchev–Trinajstić information content (AvgIpc) is 3.41. The Labute approximate surface area is 205 Å². The van der Waals surface area contributed by atoms with Crippen molar-refractivity contribution in [2.75, 3.05) is 44.8 Å². The summed E-state index contributed by atoms with van der Waals surface area (Å²) in [5.41, 5.74) is 4.50. The van der Waals surface area contributed by atoms with Gasteiger partial charge in [0.25, 0.3) is 5.91 Å². The number of anilines is 1. The van der Waals surface area contributed by atoms with Crippen LogP contribution in [0.5, 0.6) is 11.5 Å². The zero-order valence-corrected chi connectivity index (χ0v) is 20.5. The number of nitrogens with zero attached hydrogens (tertiary/aromatic N) is 3. The molecule has 4 aromatic rings. The minimum absolute atomic E-state index is 0.0281. The number of fused-ring (bicyclic) bond motifs is 1. The third-order valence-corrected chi connectivity index (χ3v) is 6.50. The van der Waals surface area contributed by atoms with Crippen LogP contribution in [0, 0.1) is 6.92 Å². The van der Waals surface area contributed by atoms with E-state index in [9.17, 15) is 4.79 Å². The van der Waals surface area contributed by atoms with Crippen LogP contribution in [0.25, 0.3) is 11.1 Å². The molecule has 0 bridgehead atoms. The number of aromatic nitrogens is 1. The number of ether oxygens (including phenoxy) is 2. The molecule has 0 aliphatic carbocycles. The molecule has 1 aliphatic heterocycles. The van der Waals surface area contributed by atoms with Crippen LogP contribution in [0.4, 0.5) is 5.69 Å². The summed E-state index contributed by atoms with van der Waals surface area (Å²) < 4.78 is 19.0. The maximum Gasteiger partial charge on any atom is 0.270 e. The zero-order chi connectivity index (χ0) is 24.4. The van der Waals surface area contributed by atoms with Gasteiger partial charge in [-0.15, -0.1) is 0 Å². The number of amides is 1. The van der Waals surface area contributed by atoms with Crippen LogP contribution >= 0.6 is 0 Å². The first kappa shape index (κ1) is 22.9. The summed E-state index contributed by atoms with van der Waals surface area (Å²) in [6.07, 6.45) is 0. The van der Waals surface area contributed by atoms with E-state index < -0.39 is 0 Å². The molecular weight excluding hydrogens is 442 g/mol. The third kappa shape index (κ3) is 4.58. The molecule has 1 aliphatic rings. The van der Waals surface area contributed by atoms with Crippen molar-refractivity contribution in [1.29, 1.82) is 0 Å². The van der Waals surface area contributed by atoms with Gasteiger partial charge in [0, 0.05) is 44.9 Å². The van der Waals surface area contributed by atoms with Gasteiger partial charge in [-0.2, -0.15) is 0 Å². The van der Waals surface area contributed by atoms with E-state index in [0.717, 1.165) is 52.7 Å². The number of benzene rings is 2. The van der Waals surface area contributed by atoms with Gasteiger partial charge >= 0.3 is 0 Å². The highest BCUT2D eigenvalue weighted by molar-refractivity contribution is 5.98. The second-order valence-electron chi connectivity index (χ2n) is 8.75. The molecule has 0 atom stereocenters. The lowest BCUT2D eigenvalue weighted by Gasteiger charge is -2.36. The second kappa shape index (κ2) is 9.78. The van der Waals surface area contributed by atoms with Crippen molar-refractivity contribution in [2.45, 2.75) is 20.4 Å². The maximum atomic E-state index is 13.7. The van der Waals surface area contributed by atoms with Crippen molar-refractivity contribution in [1.82, 2.24) is 9.47 Å². The largest absolute Gasteiger partial charge is 0.497 e. The Kier molecular flexibility index (Phi) is 6.40. The highest BCUT2D eigenvalue weighted by Gasteiger charge is 2.27. The standard InChI is InChI=1S/C28H31N3O4/c1-4-34-26-8-6-5-7-23(26)29-13-15-30(16-14-29)28(32)25-18-27-24(17-20(2)35-27)31(25)19-21-9-11-22(33-3)12-10-21/h5-12,17-18H,4,13-16,19H2,1-3H3. The fourth-order valence-corrected chi connectivity index (χ4v) is 4.73. The van der Waals surface area contributed by atoms with Crippen LogP contribution in [-0.2, 0) is 6.54 Å². The number of furan rings is 1. The predicted octanol–water partition coefficient (Wildman–Crippen LogP) is 4.96. The maximum absolute atomic E-state index is 13.7. The minimum atomic E-state index is 0.0281. The number of aryl methyl sites for hydroxylation is 1. The molecule has 3 heterocycles. The normalized spacial score (nSPS) is 13.9. The highest BCUT2D eigenvalue weighted by atomic mass is 16.5. The molecule has 0 radical (unpaired) electrons. The van der Waals surface area contributed by atoms with E-state index in [0.29, 0.717) is 31.9 Å². The van der Waals surface area contributed by atoms with E-state index >= 15 is 0 Å². The summed E-state index contributed by atoms with van der Waals surface area (Å²) >= 11 is 0. The molecule has 0 saturated carbocycles. The Hall–Kier alpha value is -3.87. The van der Waals surface area contributed by atoms with Gasteiger partial charge in [0.05, 0.1) is 24.9 Å². The summed E-state index contributed by atoms with van der Waals surface area (Å²) in [6.45, 7) is 7.93. The zero-order valence-electron chi connectivity index (χ0n) is 20.5. The van der Waals surface area contributed by atoms with Crippen LogP contribution < -0.4 is 14.4 Å². The average molecular weight is 474 g/mol. The summed E-state index contributed by atoms with van der Waals surface area (Å²) in [7, 11) is 1.66. The van der Waals surface area contributed by atoms with Crippen molar-refractivity contribution in [3.63, 3.8) is 0 Å². The van der Waals surface area contributed by atoms with Crippen LogP contribution in [0.2, 0.25) is 0 Å². The van der Waals surface area contributed by atoms with E-state index in [1.54, 1.807) is 7.11 Å². The minimum Gasteiger partial charge on any atom is -0.497 e. The number of hydrogen-bond donors (Lipinski definition) is 0. The number of piperazine rings is 1. The second-order valence-corrected chi connectivity index (χ2v) is 8.75. The Morgan fingerprint density at radius 2 is 1.74 bits per heavy atom. The van der Waals surface area contributed by atoms with Gasteiger partial charge in [0.15, 0.2) is 5.58 Å². The SMILES string of the molecule is CCOc1ccccc1N1CCN(C(=O)c2cc3oc(C)cc3n2Cc2ccc(OC)cc2)CC1. The molecule has 7 heteroatoms. The van der Waals surface area contributed by atoms with E-state index in [4.69, 9.17) is 13.9 Å². The highest BCUT2D eigenvalue weighted by Crippen LogP contribution is 2.30. The molecule has 1 fully saturated rings. The van der Waals surface area contributed by atoms with E-state index in [1.165, 1.54) is 0 Å². The molecule has 35 heavy (non-hydrogen) atoms. The molecular formula is C28H31N3O4. The van der Waals surface area contributed by atoms with Crippen LogP contribution in [0.1, 0.15) is 28.7 Å². The van der Waals surface area contributed by atoms with Gasteiger partial charge in [-0.05, 0) is 43.7 Å². The van der Waals surface area contributed by atoms with Gasteiger partial charge in [0.1, 0.15) is 23.0 Å². The third-order valence-electron chi connectivity index (χ3n) is 6.50. The molecule has 0 spiro atoms. The molecule has 1 amide bonds. The molecule has 182 valence electrons. The van der Waals surface area contributed by atoms with Crippen LogP contribution in [-0.4, -0.2) is 55.3 Å². The number of carbonyl (C=O) groups is 1. The Morgan fingerprint density at radius 3 is 2.46 bits per heavy atom. The van der Waals surface area contributed by atoms with Crippen molar-refractivity contribution >= 4 is 22.7 Å². The van der Waals surface area contributed by atoms with Gasteiger partial charge in [-0.3, -0.25) is 4.79 Å². The first-order chi connectivity index (χ1) is 17.1. The lowest BCUT2D eigenvalue weighted by molar-refractivity contribution is 0.0736. The van der Waals surface area contributed by atoms with Gasteiger partial charge in [0.2, 0.25) is 0 Å². The lowest BCUT2D eigenvalue weighted by Crippen LogP contribution is -2.49. The lowest BCUT2D eigenvalue weighted by atomic mass is 10.2. The van der Waals surface area contributed by atoms with Gasteiger partial charge in [-0.25, -0.2) is 0 Å². The predicted molar refractivity (Wildman–Crippen MR) is 137 cm³/mol. The van der Waals surface area contributed by atoms with E-state index in [2.05, 4.69) is 15.5 Å². The summed E-state index contributed by atoms with van der Waals surface area (Å²) in [5, 5.41) is 0.